The maximum absolute atomic E-state index is 13.5. The number of rotatable bonds is 3. The van der Waals surface area contributed by atoms with Crippen molar-refractivity contribution in [2.75, 3.05) is 0 Å². The highest BCUT2D eigenvalue weighted by molar-refractivity contribution is 6.33. The Morgan fingerprint density at radius 3 is 2.65 bits per heavy atom. The highest BCUT2D eigenvalue weighted by Gasteiger charge is 2.17. The average molecular weight is 273 g/mol. The maximum atomic E-state index is 13.5. The van der Waals surface area contributed by atoms with Crippen molar-refractivity contribution in [3.8, 4) is 0 Å². The zero-order chi connectivity index (χ0) is 12.4. The molecule has 0 radical (unpaired) electrons. The van der Waals surface area contributed by atoms with E-state index in [4.69, 9.17) is 27.6 Å². The number of carbonyl (C=O) groups excluding carboxylic acids is 1. The van der Waals surface area contributed by atoms with Gasteiger partial charge in [-0.2, -0.15) is 0 Å². The van der Waals surface area contributed by atoms with Gasteiger partial charge in [0.25, 0.3) is 0 Å². The predicted octanol–water partition coefficient (Wildman–Crippen LogP) is 4.15. The van der Waals surface area contributed by atoms with Crippen LogP contribution in [0.3, 0.4) is 0 Å². The molecule has 0 aliphatic rings. The lowest BCUT2D eigenvalue weighted by Gasteiger charge is -2.04. The summed E-state index contributed by atoms with van der Waals surface area (Å²) in [4.78, 5) is 11.8. The average Bonchev–Trinajstić information content (AvgIpc) is 2.70. The SMILES string of the molecule is O=C(Cc1c(F)cccc1Cl)c1ccoc1Cl. The van der Waals surface area contributed by atoms with Gasteiger partial charge in [-0.05, 0) is 29.8 Å². The van der Waals surface area contributed by atoms with Gasteiger partial charge in [0.05, 0.1) is 11.8 Å². The molecule has 0 bridgehead atoms. The van der Waals surface area contributed by atoms with E-state index in [1.54, 1.807) is 0 Å². The second-order valence-corrected chi connectivity index (χ2v) is 4.16. The fraction of sp³-hybridized carbons (Fsp3) is 0.0833. The van der Waals surface area contributed by atoms with Crippen molar-refractivity contribution in [1.82, 2.24) is 0 Å². The molecule has 0 saturated heterocycles. The normalized spacial score (nSPS) is 10.5. The lowest BCUT2D eigenvalue weighted by Crippen LogP contribution is -2.05. The van der Waals surface area contributed by atoms with Gasteiger partial charge in [0.1, 0.15) is 5.82 Å². The van der Waals surface area contributed by atoms with Gasteiger partial charge in [-0.25, -0.2) is 4.39 Å². The number of Topliss-reactive ketones (excluding diaryl/α,β-unsaturated/α-hetero) is 1. The quantitative estimate of drug-likeness (QED) is 0.786. The molecule has 88 valence electrons. The smallest absolute Gasteiger partial charge is 0.203 e. The second kappa shape index (κ2) is 4.90. The Morgan fingerprint density at radius 2 is 2.06 bits per heavy atom. The third kappa shape index (κ3) is 2.51. The summed E-state index contributed by atoms with van der Waals surface area (Å²) in [6, 6.07) is 5.71. The molecule has 0 spiro atoms. The molecule has 2 nitrogen and oxygen atoms in total. The third-order valence-electron chi connectivity index (χ3n) is 2.32. The number of ketones is 1. The molecule has 1 aromatic heterocycles. The minimum atomic E-state index is -0.509. The number of hydrogen-bond acceptors (Lipinski definition) is 2. The van der Waals surface area contributed by atoms with E-state index in [1.807, 2.05) is 0 Å². The summed E-state index contributed by atoms with van der Waals surface area (Å²) in [5.74, 6) is -0.846. The van der Waals surface area contributed by atoms with E-state index in [0.29, 0.717) is 0 Å². The Labute approximate surface area is 107 Å². The number of carbonyl (C=O) groups is 1. The fourth-order valence-corrected chi connectivity index (χ4v) is 1.90. The lowest BCUT2D eigenvalue weighted by atomic mass is 10.0. The van der Waals surface area contributed by atoms with E-state index in [9.17, 15) is 9.18 Å². The van der Waals surface area contributed by atoms with Crippen LogP contribution in [0.1, 0.15) is 15.9 Å². The van der Waals surface area contributed by atoms with Crippen molar-refractivity contribution in [2.45, 2.75) is 6.42 Å². The van der Waals surface area contributed by atoms with Crippen LogP contribution < -0.4 is 0 Å². The molecule has 2 rings (SSSR count). The molecule has 0 amide bonds. The van der Waals surface area contributed by atoms with Crippen molar-refractivity contribution >= 4 is 29.0 Å². The van der Waals surface area contributed by atoms with Crippen LogP contribution in [-0.2, 0) is 6.42 Å². The first-order valence-electron chi connectivity index (χ1n) is 4.78. The lowest BCUT2D eigenvalue weighted by molar-refractivity contribution is 0.0991. The Morgan fingerprint density at radius 1 is 1.29 bits per heavy atom. The minimum Gasteiger partial charge on any atom is -0.452 e. The summed E-state index contributed by atoms with van der Waals surface area (Å²) < 4.78 is 18.3. The van der Waals surface area contributed by atoms with E-state index in [0.717, 1.165) is 0 Å². The fourth-order valence-electron chi connectivity index (χ4n) is 1.45. The molecule has 0 aliphatic heterocycles. The van der Waals surface area contributed by atoms with Gasteiger partial charge in [0, 0.05) is 17.0 Å². The van der Waals surface area contributed by atoms with E-state index >= 15 is 0 Å². The van der Waals surface area contributed by atoms with Gasteiger partial charge in [-0.3, -0.25) is 4.79 Å². The molecule has 0 aliphatic carbocycles. The van der Waals surface area contributed by atoms with Crippen LogP contribution in [-0.4, -0.2) is 5.78 Å². The summed E-state index contributed by atoms with van der Waals surface area (Å²) in [5.41, 5.74) is 0.391. The standard InChI is InChI=1S/C12H7Cl2FO2/c13-9-2-1-3-10(15)8(9)6-11(16)7-4-5-17-12(7)14/h1-5H,6H2. The number of halogens is 3. The second-order valence-electron chi connectivity index (χ2n) is 3.41. The first-order valence-corrected chi connectivity index (χ1v) is 5.54. The van der Waals surface area contributed by atoms with E-state index in [1.165, 1.54) is 30.5 Å². The van der Waals surface area contributed by atoms with Gasteiger partial charge in [-0.1, -0.05) is 17.7 Å². The minimum absolute atomic E-state index is 0.00228. The highest BCUT2D eigenvalue weighted by atomic mass is 35.5. The largest absolute Gasteiger partial charge is 0.452 e. The van der Waals surface area contributed by atoms with Crippen molar-refractivity contribution in [2.24, 2.45) is 0 Å². The summed E-state index contributed by atoms with van der Waals surface area (Å²) in [5, 5.41) is 0.223. The predicted molar refractivity (Wildman–Crippen MR) is 63.2 cm³/mol. The molecule has 1 aromatic carbocycles. The van der Waals surface area contributed by atoms with Crippen LogP contribution in [0.15, 0.2) is 34.9 Å². The Bertz CT molecular complexity index is 543. The Kier molecular flexibility index (Phi) is 3.50. The van der Waals surface area contributed by atoms with E-state index < -0.39 is 5.82 Å². The van der Waals surface area contributed by atoms with Gasteiger partial charge in [-0.15, -0.1) is 0 Å². The molecule has 0 atom stereocenters. The first-order chi connectivity index (χ1) is 8.09. The maximum Gasteiger partial charge on any atom is 0.203 e. The Hall–Kier alpha value is -1.32. The number of furan rings is 1. The monoisotopic (exact) mass is 272 g/mol. The molecule has 0 fully saturated rings. The topological polar surface area (TPSA) is 30.2 Å². The molecule has 17 heavy (non-hydrogen) atoms. The summed E-state index contributed by atoms with van der Waals surface area (Å²) in [7, 11) is 0. The van der Waals surface area contributed by atoms with Crippen LogP contribution >= 0.6 is 23.2 Å². The van der Waals surface area contributed by atoms with E-state index in [2.05, 4.69) is 0 Å². The molecule has 1 heterocycles. The van der Waals surface area contributed by atoms with Crippen molar-refractivity contribution in [3.05, 3.63) is 57.7 Å². The first kappa shape index (κ1) is 12.1. The molecule has 2 aromatic rings. The van der Waals surface area contributed by atoms with Crippen molar-refractivity contribution in [3.63, 3.8) is 0 Å². The molecule has 5 heteroatoms. The van der Waals surface area contributed by atoms with Crippen LogP contribution in [0.5, 0.6) is 0 Å². The zero-order valence-electron chi connectivity index (χ0n) is 8.54. The molecular weight excluding hydrogens is 266 g/mol. The number of hydrogen-bond donors (Lipinski definition) is 0. The third-order valence-corrected chi connectivity index (χ3v) is 2.96. The van der Waals surface area contributed by atoms with Crippen LogP contribution in [0.25, 0.3) is 0 Å². The summed E-state index contributed by atoms with van der Waals surface area (Å²) in [6.45, 7) is 0. The van der Waals surface area contributed by atoms with Crippen LogP contribution in [0, 0.1) is 5.82 Å². The number of benzene rings is 1. The molecule has 0 saturated carbocycles. The van der Waals surface area contributed by atoms with Gasteiger partial charge >= 0.3 is 0 Å². The Balaban J connectivity index is 2.28. The molecular formula is C12H7Cl2FO2. The summed E-state index contributed by atoms with van der Waals surface area (Å²) in [6.07, 6.45) is 1.16. The van der Waals surface area contributed by atoms with Crippen molar-refractivity contribution < 1.29 is 13.6 Å². The van der Waals surface area contributed by atoms with Gasteiger partial charge < -0.3 is 4.42 Å². The highest BCUT2D eigenvalue weighted by Crippen LogP contribution is 2.23. The molecule has 0 N–H and O–H groups in total. The molecule has 0 unspecified atom stereocenters. The van der Waals surface area contributed by atoms with E-state index in [-0.39, 0.29) is 33.6 Å². The zero-order valence-corrected chi connectivity index (χ0v) is 10.1. The van der Waals surface area contributed by atoms with Crippen molar-refractivity contribution in [1.29, 1.82) is 0 Å². The van der Waals surface area contributed by atoms with Crippen LogP contribution in [0.2, 0.25) is 10.2 Å². The summed E-state index contributed by atoms with van der Waals surface area (Å²) >= 11 is 11.5. The van der Waals surface area contributed by atoms with Gasteiger partial charge in [0.2, 0.25) is 5.22 Å². The van der Waals surface area contributed by atoms with Gasteiger partial charge in [0.15, 0.2) is 5.78 Å². The van der Waals surface area contributed by atoms with Crippen LogP contribution in [0.4, 0.5) is 4.39 Å².